The molecule has 0 radical (unpaired) electrons. The Morgan fingerprint density at radius 3 is 2.81 bits per heavy atom. The van der Waals surface area contributed by atoms with Gasteiger partial charge in [-0.25, -0.2) is 0 Å². The van der Waals surface area contributed by atoms with E-state index in [0.717, 1.165) is 11.9 Å². The molecule has 0 spiro atoms. The lowest BCUT2D eigenvalue weighted by molar-refractivity contribution is 0.112. The third-order valence-corrected chi connectivity index (χ3v) is 2.96. The molecule has 110 valence electrons. The van der Waals surface area contributed by atoms with Gasteiger partial charge >= 0.3 is 0 Å². The summed E-state index contributed by atoms with van der Waals surface area (Å²) in [6.07, 6.45) is 2.64. The first-order valence-electron chi connectivity index (χ1n) is 6.78. The van der Waals surface area contributed by atoms with Crippen molar-refractivity contribution in [1.82, 2.24) is 0 Å². The van der Waals surface area contributed by atoms with Crippen molar-refractivity contribution in [2.45, 2.75) is 26.4 Å². The van der Waals surface area contributed by atoms with Gasteiger partial charge in [0.15, 0.2) is 11.5 Å². The van der Waals surface area contributed by atoms with Gasteiger partial charge in [-0.3, -0.25) is 4.79 Å². The molecule has 4 nitrogen and oxygen atoms in total. The molecule has 0 aromatic heterocycles. The smallest absolute Gasteiger partial charge is 0.170 e. The molecule has 1 aliphatic rings. The molecule has 1 N–H and O–H groups in total. The Morgan fingerprint density at radius 1 is 1.43 bits per heavy atom. The van der Waals surface area contributed by atoms with Crippen LogP contribution in [0.15, 0.2) is 18.2 Å². The second kappa shape index (κ2) is 6.02. The van der Waals surface area contributed by atoms with Gasteiger partial charge in [0.25, 0.3) is 0 Å². The largest absolute Gasteiger partial charge is 0.490 e. The van der Waals surface area contributed by atoms with Gasteiger partial charge in [-0.2, -0.15) is 0 Å². The number of rotatable bonds is 3. The molecule has 0 saturated carbocycles. The zero-order valence-electron chi connectivity index (χ0n) is 12.4. The van der Waals surface area contributed by atoms with Crippen molar-refractivity contribution < 1.29 is 19.4 Å². The van der Waals surface area contributed by atoms with Crippen LogP contribution in [0.25, 0.3) is 5.57 Å². The van der Waals surface area contributed by atoms with E-state index in [-0.39, 0.29) is 6.61 Å². The standard InChI is InChI=1S/C17H18O4/c1-4-20-15-9-12(11-19)8-14-13(6-5-7-18)10-17(2,3)21-16(14)15/h8-11,18H,4,7H2,1-3H3. The summed E-state index contributed by atoms with van der Waals surface area (Å²) in [5.74, 6) is 6.66. The average Bonchev–Trinajstić information content (AvgIpc) is 2.44. The fourth-order valence-electron chi connectivity index (χ4n) is 2.22. The summed E-state index contributed by atoms with van der Waals surface area (Å²) in [6.45, 7) is 5.95. The fourth-order valence-corrected chi connectivity index (χ4v) is 2.22. The van der Waals surface area contributed by atoms with Crippen LogP contribution in [0.3, 0.4) is 0 Å². The van der Waals surface area contributed by atoms with E-state index in [4.69, 9.17) is 14.6 Å². The molecule has 1 aliphatic heterocycles. The van der Waals surface area contributed by atoms with E-state index in [9.17, 15) is 4.79 Å². The van der Waals surface area contributed by atoms with Crippen molar-refractivity contribution >= 4 is 11.9 Å². The minimum atomic E-state index is -0.541. The Kier molecular flexibility index (Phi) is 4.35. The number of aliphatic hydroxyl groups is 1. The number of benzene rings is 1. The highest BCUT2D eigenvalue weighted by atomic mass is 16.5. The Balaban J connectivity index is 2.65. The van der Waals surface area contributed by atoms with E-state index < -0.39 is 5.60 Å². The second-order valence-corrected chi connectivity index (χ2v) is 5.17. The molecule has 1 aromatic carbocycles. The van der Waals surface area contributed by atoms with Crippen LogP contribution >= 0.6 is 0 Å². The second-order valence-electron chi connectivity index (χ2n) is 5.17. The summed E-state index contributed by atoms with van der Waals surface area (Å²) in [6, 6.07) is 3.38. The maximum atomic E-state index is 11.1. The number of aldehydes is 1. The number of aliphatic hydroxyl groups excluding tert-OH is 1. The molecule has 0 saturated heterocycles. The van der Waals surface area contributed by atoms with Gasteiger partial charge in [-0.05, 0) is 39.0 Å². The summed E-state index contributed by atoms with van der Waals surface area (Å²) in [5, 5.41) is 8.90. The molecule has 2 rings (SSSR count). The molecular weight excluding hydrogens is 268 g/mol. The maximum absolute atomic E-state index is 11.1. The van der Waals surface area contributed by atoms with Crippen LogP contribution in [0.5, 0.6) is 11.5 Å². The van der Waals surface area contributed by atoms with Crippen LogP contribution in [0, 0.1) is 11.8 Å². The lowest BCUT2D eigenvalue weighted by atomic mass is 9.93. The monoisotopic (exact) mass is 286 g/mol. The summed E-state index contributed by atoms with van der Waals surface area (Å²) < 4.78 is 11.5. The van der Waals surface area contributed by atoms with Gasteiger partial charge in [0.2, 0.25) is 0 Å². The average molecular weight is 286 g/mol. The van der Waals surface area contributed by atoms with E-state index >= 15 is 0 Å². The molecule has 21 heavy (non-hydrogen) atoms. The Hall–Kier alpha value is -2.25. The fraction of sp³-hybridized carbons (Fsp3) is 0.353. The van der Waals surface area contributed by atoms with E-state index in [2.05, 4.69) is 11.8 Å². The van der Waals surface area contributed by atoms with Gasteiger partial charge in [-0.15, -0.1) is 0 Å². The van der Waals surface area contributed by atoms with Crippen LogP contribution in [0.1, 0.15) is 36.7 Å². The normalized spacial score (nSPS) is 15.0. The number of hydrogen-bond acceptors (Lipinski definition) is 4. The molecule has 1 aromatic rings. The zero-order valence-corrected chi connectivity index (χ0v) is 12.4. The first-order valence-corrected chi connectivity index (χ1v) is 6.78. The SMILES string of the molecule is CCOc1cc(C=O)cc2c1OC(C)(C)C=C2C#CCO. The summed E-state index contributed by atoms with van der Waals surface area (Å²) in [7, 11) is 0. The van der Waals surface area contributed by atoms with Crippen molar-refractivity contribution in [2.24, 2.45) is 0 Å². The van der Waals surface area contributed by atoms with Crippen LogP contribution in [-0.2, 0) is 0 Å². The predicted molar refractivity (Wildman–Crippen MR) is 80.5 cm³/mol. The topological polar surface area (TPSA) is 55.8 Å². The van der Waals surface area contributed by atoms with Gasteiger partial charge in [0.05, 0.1) is 6.61 Å². The van der Waals surface area contributed by atoms with Crippen LogP contribution in [0.2, 0.25) is 0 Å². The number of ether oxygens (including phenoxy) is 2. The lowest BCUT2D eigenvalue weighted by Gasteiger charge is -2.31. The third-order valence-electron chi connectivity index (χ3n) is 2.96. The highest BCUT2D eigenvalue weighted by molar-refractivity contribution is 5.89. The van der Waals surface area contributed by atoms with Gasteiger partial charge < -0.3 is 14.6 Å². The van der Waals surface area contributed by atoms with Crippen molar-refractivity contribution in [2.75, 3.05) is 13.2 Å². The molecule has 0 atom stereocenters. The molecule has 0 unspecified atom stereocenters. The number of fused-ring (bicyclic) bond motifs is 1. The number of hydrogen-bond donors (Lipinski definition) is 1. The lowest BCUT2D eigenvalue weighted by Crippen LogP contribution is -2.29. The summed E-state index contributed by atoms with van der Waals surface area (Å²) in [4.78, 5) is 11.1. The number of carbonyl (C=O) groups excluding carboxylic acids is 1. The molecule has 0 fully saturated rings. The van der Waals surface area contributed by atoms with Crippen LogP contribution in [0.4, 0.5) is 0 Å². The Bertz CT molecular complexity index is 645. The molecule has 0 aliphatic carbocycles. The van der Waals surface area contributed by atoms with Crippen molar-refractivity contribution in [3.05, 3.63) is 29.3 Å². The molecule has 4 heteroatoms. The van der Waals surface area contributed by atoms with Gasteiger partial charge in [0, 0.05) is 16.7 Å². The minimum Gasteiger partial charge on any atom is -0.490 e. The van der Waals surface area contributed by atoms with Crippen molar-refractivity contribution in [1.29, 1.82) is 0 Å². The van der Waals surface area contributed by atoms with Gasteiger partial charge in [0.1, 0.15) is 18.5 Å². The summed E-state index contributed by atoms with van der Waals surface area (Å²) >= 11 is 0. The van der Waals surface area contributed by atoms with E-state index in [1.165, 1.54) is 0 Å². The Morgan fingerprint density at radius 2 is 2.19 bits per heavy atom. The highest BCUT2D eigenvalue weighted by Crippen LogP contribution is 2.43. The highest BCUT2D eigenvalue weighted by Gasteiger charge is 2.29. The van der Waals surface area contributed by atoms with Crippen molar-refractivity contribution in [3.8, 4) is 23.3 Å². The van der Waals surface area contributed by atoms with E-state index in [1.807, 2.05) is 26.8 Å². The maximum Gasteiger partial charge on any atom is 0.170 e. The zero-order chi connectivity index (χ0) is 15.5. The first-order chi connectivity index (χ1) is 10.0. The van der Waals surface area contributed by atoms with Crippen LogP contribution < -0.4 is 9.47 Å². The Labute approximate surface area is 124 Å². The first kappa shape index (κ1) is 15.1. The number of carbonyl (C=O) groups is 1. The molecular formula is C17H18O4. The van der Waals surface area contributed by atoms with Gasteiger partial charge in [-0.1, -0.05) is 11.8 Å². The molecule has 0 bridgehead atoms. The van der Waals surface area contributed by atoms with E-state index in [0.29, 0.717) is 29.2 Å². The van der Waals surface area contributed by atoms with Crippen LogP contribution in [-0.4, -0.2) is 30.2 Å². The van der Waals surface area contributed by atoms with E-state index in [1.54, 1.807) is 12.1 Å². The predicted octanol–water partition coefficient (Wildman–Crippen LogP) is 2.45. The molecule has 1 heterocycles. The molecule has 0 amide bonds. The third kappa shape index (κ3) is 3.26. The van der Waals surface area contributed by atoms with Crippen molar-refractivity contribution in [3.63, 3.8) is 0 Å². The summed E-state index contributed by atoms with van der Waals surface area (Å²) in [5.41, 5.74) is 1.39. The quantitative estimate of drug-likeness (QED) is 0.685. The number of allylic oxidation sites excluding steroid dienone is 1. The minimum absolute atomic E-state index is 0.223.